The number of ether oxygens (including phenoxy) is 1. The maximum atomic E-state index is 13.0. The van der Waals surface area contributed by atoms with E-state index in [1.165, 1.54) is 4.90 Å². The van der Waals surface area contributed by atoms with Gasteiger partial charge in [-0.3, -0.25) is 4.79 Å². The fourth-order valence-corrected chi connectivity index (χ4v) is 5.46. The van der Waals surface area contributed by atoms with E-state index >= 15 is 0 Å². The molecule has 0 heterocycles. The number of likely N-dealkylation sites (N-methyl/N-ethyl adjacent to an activating group) is 1. The van der Waals surface area contributed by atoms with Gasteiger partial charge >= 0.3 is 12.1 Å². The number of fused-ring (bicyclic) bond motifs is 3. The number of amides is 2. The van der Waals surface area contributed by atoms with Gasteiger partial charge in [0.1, 0.15) is 12.1 Å². The first-order valence-electron chi connectivity index (χ1n) is 12.4. The number of carbonyl (C=O) groups excluding carboxylic acids is 2. The Hall–Kier alpha value is -3.35. The summed E-state index contributed by atoms with van der Waals surface area (Å²) >= 11 is 0. The molecule has 186 valence electrons. The number of nitrogens with one attached hydrogen (secondary N) is 1. The van der Waals surface area contributed by atoms with Gasteiger partial charge in [0.2, 0.25) is 5.91 Å². The summed E-state index contributed by atoms with van der Waals surface area (Å²) in [7, 11) is 1.56. The normalized spacial score (nSPS) is 16.9. The molecule has 0 bridgehead atoms. The number of carboxylic acid groups (broad SMARTS) is 1. The van der Waals surface area contributed by atoms with Gasteiger partial charge in [-0.2, -0.15) is 0 Å². The average molecular weight is 479 g/mol. The summed E-state index contributed by atoms with van der Waals surface area (Å²) in [4.78, 5) is 39.2. The summed E-state index contributed by atoms with van der Waals surface area (Å²) in [6.07, 6.45) is 1.93. The average Bonchev–Trinajstić information content (AvgIpc) is 3.46. The zero-order valence-corrected chi connectivity index (χ0v) is 20.6. The zero-order valence-electron chi connectivity index (χ0n) is 20.6. The summed E-state index contributed by atoms with van der Waals surface area (Å²) in [5.41, 5.74) is 3.43. The maximum Gasteiger partial charge on any atom is 0.407 e. The lowest BCUT2D eigenvalue weighted by Gasteiger charge is -2.36. The Morgan fingerprint density at radius 3 is 2.09 bits per heavy atom. The molecule has 2 aliphatic carbocycles. The van der Waals surface area contributed by atoms with E-state index in [0.29, 0.717) is 12.8 Å². The highest BCUT2D eigenvalue weighted by Gasteiger charge is 2.47. The minimum atomic E-state index is -1.15. The van der Waals surface area contributed by atoms with Gasteiger partial charge < -0.3 is 20.1 Å². The monoisotopic (exact) mass is 478 g/mol. The van der Waals surface area contributed by atoms with Gasteiger partial charge in [-0.05, 0) is 41.0 Å². The van der Waals surface area contributed by atoms with Crippen molar-refractivity contribution in [1.82, 2.24) is 10.2 Å². The van der Waals surface area contributed by atoms with Crippen LogP contribution in [0.15, 0.2) is 48.5 Å². The van der Waals surface area contributed by atoms with E-state index in [-0.39, 0.29) is 30.8 Å². The Bertz CT molecular complexity index is 1060. The van der Waals surface area contributed by atoms with Crippen LogP contribution in [-0.2, 0) is 14.3 Å². The van der Waals surface area contributed by atoms with Crippen molar-refractivity contribution in [3.8, 4) is 11.1 Å². The summed E-state index contributed by atoms with van der Waals surface area (Å²) in [6, 6.07) is 15.8. The van der Waals surface area contributed by atoms with Gasteiger partial charge in [0, 0.05) is 25.4 Å². The number of aliphatic carboxylic acids is 1. The van der Waals surface area contributed by atoms with Gasteiger partial charge in [-0.15, -0.1) is 0 Å². The Labute approximate surface area is 206 Å². The van der Waals surface area contributed by atoms with Crippen molar-refractivity contribution in [2.75, 3.05) is 13.7 Å². The Morgan fingerprint density at radius 1 is 1.03 bits per heavy atom. The molecule has 0 spiro atoms. The predicted molar refractivity (Wildman–Crippen MR) is 133 cm³/mol. The maximum absolute atomic E-state index is 13.0. The highest BCUT2D eigenvalue weighted by molar-refractivity contribution is 5.87. The van der Waals surface area contributed by atoms with Crippen molar-refractivity contribution in [3.05, 3.63) is 59.7 Å². The number of hydrogen-bond acceptors (Lipinski definition) is 4. The quantitative estimate of drug-likeness (QED) is 0.568. The second kappa shape index (κ2) is 10.1. The number of benzene rings is 2. The third-order valence-electron chi connectivity index (χ3n) is 7.69. The van der Waals surface area contributed by atoms with Crippen LogP contribution in [0.1, 0.15) is 63.0 Å². The van der Waals surface area contributed by atoms with Crippen LogP contribution < -0.4 is 5.32 Å². The van der Waals surface area contributed by atoms with Crippen molar-refractivity contribution in [2.24, 2.45) is 5.92 Å². The molecular weight excluding hydrogens is 444 g/mol. The first kappa shape index (κ1) is 24.8. The van der Waals surface area contributed by atoms with Gasteiger partial charge in [0.15, 0.2) is 0 Å². The molecule has 2 aliphatic rings. The first-order chi connectivity index (χ1) is 16.7. The van der Waals surface area contributed by atoms with E-state index in [9.17, 15) is 19.5 Å². The third-order valence-corrected chi connectivity index (χ3v) is 7.69. The summed E-state index contributed by atoms with van der Waals surface area (Å²) in [5, 5.41) is 12.7. The van der Waals surface area contributed by atoms with E-state index in [2.05, 4.69) is 29.6 Å². The van der Waals surface area contributed by atoms with Crippen molar-refractivity contribution in [1.29, 1.82) is 0 Å². The SMILES string of the molecule is CC(C)[C@@H](CC(=O)N(C)C1(C(=O)O)CCCC1)NC(=O)OCC1c2ccccc2-c2ccccc21. The molecule has 0 saturated heterocycles. The molecule has 7 heteroatoms. The fraction of sp³-hybridized carbons (Fsp3) is 0.464. The Kier molecular flexibility index (Phi) is 7.15. The molecule has 2 aromatic rings. The minimum Gasteiger partial charge on any atom is -0.479 e. The van der Waals surface area contributed by atoms with Crippen molar-refractivity contribution in [2.45, 2.75) is 63.5 Å². The van der Waals surface area contributed by atoms with Crippen LogP contribution in [0.3, 0.4) is 0 Å². The largest absolute Gasteiger partial charge is 0.479 e. The van der Waals surface area contributed by atoms with Crippen LogP contribution in [0.25, 0.3) is 11.1 Å². The third kappa shape index (κ3) is 4.77. The molecule has 0 radical (unpaired) electrons. The van der Waals surface area contributed by atoms with Crippen molar-refractivity contribution < 1.29 is 24.2 Å². The van der Waals surface area contributed by atoms with E-state index in [4.69, 9.17) is 4.74 Å². The first-order valence-corrected chi connectivity index (χ1v) is 12.4. The highest BCUT2D eigenvalue weighted by atomic mass is 16.5. The second-order valence-corrected chi connectivity index (χ2v) is 10.0. The van der Waals surface area contributed by atoms with E-state index in [0.717, 1.165) is 35.1 Å². The predicted octanol–water partition coefficient (Wildman–Crippen LogP) is 4.80. The number of alkyl carbamates (subject to hydrolysis) is 1. The standard InChI is InChI=1S/C28H34N2O5/c1-18(2)24(16-25(31)30(3)28(26(32)33)14-8-9-15-28)29-27(34)35-17-23-21-12-6-4-10-19(21)20-11-5-7-13-22(20)23/h4-7,10-13,18,23-24H,8-9,14-17H2,1-3H3,(H,29,34)(H,32,33)/t24-/m1/s1. The molecule has 2 N–H and O–H groups in total. The molecular formula is C28H34N2O5. The summed E-state index contributed by atoms with van der Waals surface area (Å²) in [6.45, 7) is 4.04. The molecule has 0 unspecified atom stereocenters. The number of carbonyl (C=O) groups is 3. The van der Waals surface area contributed by atoms with E-state index in [1.54, 1.807) is 7.05 Å². The lowest BCUT2D eigenvalue weighted by molar-refractivity contribution is -0.157. The topological polar surface area (TPSA) is 95.9 Å². The minimum absolute atomic E-state index is 0.0212. The number of carboxylic acids is 1. The molecule has 0 aromatic heterocycles. The van der Waals surface area contributed by atoms with Gasteiger partial charge in [0.05, 0.1) is 0 Å². The lowest BCUT2D eigenvalue weighted by atomic mass is 9.93. The van der Waals surface area contributed by atoms with Crippen LogP contribution in [-0.4, -0.2) is 53.2 Å². The van der Waals surface area contributed by atoms with Crippen LogP contribution >= 0.6 is 0 Å². The molecule has 1 saturated carbocycles. The molecule has 2 aromatic carbocycles. The fourth-order valence-electron chi connectivity index (χ4n) is 5.46. The van der Waals surface area contributed by atoms with Gasteiger partial charge in [0.25, 0.3) is 0 Å². The molecule has 4 rings (SSSR count). The molecule has 35 heavy (non-hydrogen) atoms. The highest BCUT2D eigenvalue weighted by Crippen LogP contribution is 2.44. The van der Waals surface area contributed by atoms with Crippen LogP contribution in [0.4, 0.5) is 4.79 Å². The Morgan fingerprint density at radius 2 is 1.57 bits per heavy atom. The smallest absolute Gasteiger partial charge is 0.407 e. The van der Waals surface area contributed by atoms with Crippen molar-refractivity contribution in [3.63, 3.8) is 0 Å². The van der Waals surface area contributed by atoms with Gasteiger partial charge in [-0.1, -0.05) is 75.2 Å². The van der Waals surface area contributed by atoms with Gasteiger partial charge in [-0.25, -0.2) is 9.59 Å². The van der Waals surface area contributed by atoms with Crippen LogP contribution in [0.2, 0.25) is 0 Å². The number of rotatable bonds is 8. The summed E-state index contributed by atoms with van der Waals surface area (Å²) in [5.74, 6) is -1.32. The second-order valence-electron chi connectivity index (χ2n) is 10.0. The van der Waals surface area contributed by atoms with E-state index in [1.807, 2.05) is 38.1 Å². The zero-order chi connectivity index (χ0) is 25.2. The van der Waals surface area contributed by atoms with Crippen LogP contribution in [0, 0.1) is 5.92 Å². The van der Waals surface area contributed by atoms with Crippen LogP contribution in [0.5, 0.6) is 0 Å². The molecule has 7 nitrogen and oxygen atoms in total. The molecule has 2 amide bonds. The Balaban J connectivity index is 1.39. The number of hydrogen-bond donors (Lipinski definition) is 2. The van der Waals surface area contributed by atoms with Crippen molar-refractivity contribution >= 4 is 18.0 Å². The lowest BCUT2D eigenvalue weighted by Crippen LogP contribution is -2.55. The summed E-state index contributed by atoms with van der Waals surface area (Å²) < 4.78 is 5.65. The molecule has 0 aliphatic heterocycles. The van der Waals surface area contributed by atoms with E-state index < -0.39 is 23.6 Å². The molecule has 1 fully saturated rings. The number of nitrogens with zero attached hydrogens (tertiary/aromatic N) is 1. The molecule has 1 atom stereocenters.